The van der Waals surface area contributed by atoms with E-state index in [1.54, 1.807) is 6.07 Å². The minimum Gasteiger partial charge on any atom is -0.456 e. The van der Waals surface area contributed by atoms with Crippen LogP contribution in [0.3, 0.4) is 0 Å². The minimum absolute atomic E-state index is 0.0259. The lowest BCUT2D eigenvalue weighted by Crippen LogP contribution is -2.47. The molecule has 2 aromatic rings. The second-order valence-corrected chi connectivity index (χ2v) is 6.66. The fraction of sp³-hybridized carbons (Fsp3) is 0.318. The Hall–Kier alpha value is -3.41. The molecule has 2 rings (SSSR count). The van der Waals surface area contributed by atoms with Crippen molar-refractivity contribution in [3.8, 4) is 6.07 Å². The number of ether oxygens (including phenoxy) is 2. The van der Waals surface area contributed by atoms with E-state index in [1.807, 2.05) is 37.3 Å². The van der Waals surface area contributed by atoms with Gasteiger partial charge in [-0.2, -0.15) is 5.26 Å². The van der Waals surface area contributed by atoms with E-state index in [4.69, 9.17) is 19.6 Å². The molecule has 1 aromatic carbocycles. The lowest BCUT2D eigenvalue weighted by atomic mass is 10.0. The van der Waals surface area contributed by atoms with Gasteiger partial charge >= 0.3 is 5.97 Å². The fourth-order valence-corrected chi connectivity index (χ4v) is 2.62. The van der Waals surface area contributed by atoms with E-state index in [-0.39, 0.29) is 25.6 Å². The summed E-state index contributed by atoms with van der Waals surface area (Å²) in [5, 5.41) is 11.8. The number of carbonyl (C=O) groups is 2. The van der Waals surface area contributed by atoms with Gasteiger partial charge in [0.15, 0.2) is 0 Å². The van der Waals surface area contributed by atoms with Crippen LogP contribution in [0, 0.1) is 18.3 Å². The van der Waals surface area contributed by atoms with E-state index in [0.29, 0.717) is 12.2 Å². The molecule has 3 N–H and O–H groups in total. The molecule has 1 aromatic heterocycles. The molecule has 0 aliphatic rings. The van der Waals surface area contributed by atoms with Crippen LogP contribution in [-0.4, -0.2) is 37.2 Å². The molecule has 0 saturated heterocycles. The molecule has 0 fully saturated rings. The quantitative estimate of drug-likeness (QED) is 0.428. The Labute approximate surface area is 175 Å². The number of rotatable bonds is 11. The third-order valence-electron chi connectivity index (χ3n) is 4.07. The topological polar surface area (TPSA) is 128 Å². The van der Waals surface area contributed by atoms with Crippen molar-refractivity contribution in [3.63, 3.8) is 0 Å². The number of nitriles is 1. The predicted octanol–water partition coefficient (Wildman–Crippen LogP) is 2.03. The molecule has 0 saturated carbocycles. The van der Waals surface area contributed by atoms with Crippen LogP contribution in [0.25, 0.3) is 0 Å². The Morgan fingerprint density at radius 3 is 2.87 bits per heavy atom. The normalized spacial score (nSPS) is 12.4. The van der Waals surface area contributed by atoms with E-state index in [0.717, 1.165) is 11.1 Å². The molecule has 2 atom stereocenters. The van der Waals surface area contributed by atoms with Gasteiger partial charge in [0, 0.05) is 0 Å². The number of nitrogens with two attached hydrogens (primary N) is 1. The molecule has 0 spiro atoms. The number of esters is 1. The number of nitrogens with zero attached hydrogens (tertiary/aromatic N) is 1. The van der Waals surface area contributed by atoms with Gasteiger partial charge in [-0.1, -0.05) is 42.5 Å². The van der Waals surface area contributed by atoms with E-state index >= 15 is 0 Å². The van der Waals surface area contributed by atoms with Gasteiger partial charge in [-0.25, -0.2) is 4.79 Å². The van der Waals surface area contributed by atoms with Crippen LogP contribution in [0.15, 0.2) is 53.5 Å². The first kappa shape index (κ1) is 22.9. The summed E-state index contributed by atoms with van der Waals surface area (Å²) in [6, 6.07) is 11.1. The summed E-state index contributed by atoms with van der Waals surface area (Å²) in [6.07, 6.45) is 1.82. The van der Waals surface area contributed by atoms with Crippen molar-refractivity contribution in [3.05, 3.63) is 71.7 Å². The Morgan fingerprint density at radius 1 is 1.37 bits per heavy atom. The molecule has 0 bridgehead atoms. The third kappa shape index (κ3) is 7.20. The molecule has 1 amide bonds. The van der Waals surface area contributed by atoms with Crippen LogP contribution in [0.1, 0.15) is 27.4 Å². The van der Waals surface area contributed by atoms with Crippen molar-refractivity contribution >= 4 is 11.9 Å². The first-order chi connectivity index (χ1) is 14.4. The number of amides is 1. The summed E-state index contributed by atoms with van der Waals surface area (Å²) in [4.78, 5) is 24.0. The highest BCUT2D eigenvalue weighted by atomic mass is 16.5. The van der Waals surface area contributed by atoms with Gasteiger partial charge in [-0.15, -0.1) is 0 Å². The van der Waals surface area contributed by atoms with Gasteiger partial charge in [0.2, 0.25) is 11.7 Å². The smallest absolute Gasteiger partial charge is 0.374 e. The van der Waals surface area contributed by atoms with E-state index < -0.39 is 24.0 Å². The van der Waals surface area contributed by atoms with Gasteiger partial charge in [0.05, 0.1) is 18.7 Å². The lowest BCUT2D eigenvalue weighted by Gasteiger charge is -2.16. The van der Waals surface area contributed by atoms with Crippen LogP contribution in [0.4, 0.5) is 0 Å². The molecule has 1 heterocycles. The summed E-state index contributed by atoms with van der Waals surface area (Å²) in [6.45, 7) is 5.47. The monoisotopic (exact) mass is 411 g/mol. The van der Waals surface area contributed by atoms with Crippen molar-refractivity contribution < 1.29 is 23.5 Å². The Bertz CT molecular complexity index is 915. The van der Waals surface area contributed by atoms with Crippen molar-refractivity contribution in [1.29, 1.82) is 5.26 Å². The predicted molar refractivity (Wildman–Crippen MR) is 109 cm³/mol. The Balaban J connectivity index is 1.78. The second kappa shape index (κ2) is 11.6. The third-order valence-corrected chi connectivity index (χ3v) is 4.07. The van der Waals surface area contributed by atoms with Gasteiger partial charge in [0.1, 0.15) is 25.0 Å². The summed E-state index contributed by atoms with van der Waals surface area (Å²) in [7, 11) is 0. The van der Waals surface area contributed by atoms with Crippen LogP contribution >= 0.6 is 0 Å². The highest BCUT2D eigenvalue weighted by molar-refractivity contribution is 5.86. The molecule has 0 aliphatic heterocycles. The fourth-order valence-electron chi connectivity index (χ4n) is 2.62. The van der Waals surface area contributed by atoms with Gasteiger partial charge in [-0.3, -0.25) is 4.79 Å². The Morgan fingerprint density at radius 2 is 2.17 bits per heavy atom. The van der Waals surface area contributed by atoms with Crippen LogP contribution < -0.4 is 11.1 Å². The van der Waals surface area contributed by atoms with Crippen molar-refractivity contribution in [2.75, 3.05) is 13.2 Å². The van der Waals surface area contributed by atoms with Crippen LogP contribution in [0.2, 0.25) is 0 Å². The zero-order valence-electron chi connectivity index (χ0n) is 16.8. The second-order valence-electron chi connectivity index (χ2n) is 6.66. The number of furan rings is 1. The van der Waals surface area contributed by atoms with E-state index in [9.17, 15) is 14.9 Å². The summed E-state index contributed by atoms with van der Waals surface area (Å²) < 4.78 is 15.6. The molecule has 0 aliphatic carbocycles. The van der Waals surface area contributed by atoms with Crippen molar-refractivity contribution in [1.82, 2.24) is 5.32 Å². The molecular formula is C22H25N3O5. The molecule has 0 unspecified atom stereocenters. The summed E-state index contributed by atoms with van der Waals surface area (Å²) >= 11 is 0. The number of hydrogen-bond donors (Lipinski definition) is 2. The van der Waals surface area contributed by atoms with Gasteiger partial charge in [0.25, 0.3) is 0 Å². The number of benzene rings is 1. The molecule has 8 heteroatoms. The largest absolute Gasteiger partial charge is 0.456 e. The summed E-state index contributed by atoms with van der Waals surface area (Å²) in [5.41, 5.74) is 7.99. The standard InChI is InChI=1S/C22H25N3O5/c1-3-9-29-22(27)20-8-7-18(30-20)14-28-13-17(12-23)25-21(26)19(24)11-16-6-4-5-15(2)10-16/h3-8,10,17,19H,1,9,11,13-14,24H2,2H3,(H,25,26)/t17-,19+/m1/s1. The SMILES string of the molecule is C=CCOC(=O)c1ccc(COC[C@@H](C#N)NC(=O)[C@@H](N)Cc2cccc(C)c2)o1. The number of carbonyl (C=O) groups excluding carboxylic acids is 2. The molecule has 30 heavy (non-hydrogen) atoms. The Kier molecular flexibility index (Phi) is 8.81. The van der Waals surface area contributed by atoms with Gasteiger partial charge < -0.3 is 24.9 Å². The maximum atomic E-state index is 12.3. The number of hydrogen-bond acceptors (Lipinski definition) is 7. The average molecular weight is 411 g/mol. The van der Waals surface area contributed by atoms with Gasteiger partial charge in [-0.05, 0) is 31.0 Å². The summed E-state index contributed by atoms with van der Waals surface area (Å²) in [5.74, 6) is -0.606. The van der Waals surface area contributed by atoms with Crippen LogP contribution in [-0.2, 0) is 27.3 Å². The lowest BCUT2D eigenvalue weighted by molar-refractivity contribution is -0.123. The van der Waals surface area contributed by atoms with Crippen LogP contribution in [0.5, 0.6) is 0 Å². The van der Waals surface area contributed by atoms with Crippen molar-refractivity contribution in [2.45, 2.75) is 32.0 Å². The van der Waals surface area contributed by atoms with E-state index in [2.05, 4.69) is 11.9 Å². The minimum atomic E-state index is -0.868. The number of aryl methyl sites for hydroxylation is 1. The number of nitrogens with one attached hydrogen (secondary N) is 1. The first-order valence-electron chi connectivity index (χ1n) is 9.38. The van der Waals surface area contributed by atoms with E-state index in [1.165, 1.54) is 12.1 Å². The highest BCUT2D eigenvalue weighted by Gasteiger charge is 2.19. The molecular weight excluding hydrogens is 386 g/mol. The van der Waals surface area contributed by atoms with Crippen molar-refractivity contribution in [2.24, 2.45) is 5.73 Å². The molecule has 158 valence electrons. The molecule has 8 nitrogen and oxygen atoms in total. The maximum Gasteiger partial charge on any atom is 0.374 e. The highest BCUT2D eigenvalue weighted by Crippen LogP contribution is 2.11. The first-order valence-corrected chi connectivity index (χ1v) is 9.38. The zero-order chi connectivity index (χ0) is 21.9. The molecule has 0 radical (unpaired) electrons. The average Bonchev–Trinajstić information content (AvgIpc) is 3.20. The zero-order valence-corrected chi connectivity index (χ0v) is 16.8. The maximum absolute atomic E-state index is 12.3.